The molecule has 2 rings (SSSR count). The summed E-state index contributed by atoms with van der Waals surface area (Å²) in [5.74, 6) is -2.85. The third-order valence-electron chi connectivity index (χ3n) is 2.84. The number of nitrogens with two attached hydrogens (primary N) is 1. The Labute approximate surface area is 132 Å². The third-order valence-corrected chi connectivity index (χ3v) is 2.84. The zero-order valence-electron chi connectivity index (χ0n) is 12.1. The zero-order valence-corrected chi connectivity index (χ0v) is 12.1. The molecular weight excluding hydrogens is 302 g/mol. The molecule has 2 aromatic rings. The Balaban J connectivity index is 0.000000231. The van der Waals surface area contributed by atoms with Gasteiger partial charge < -0.3 is 26.2 Å². The maximum atomic E-state index is 10.4. The molecule has 0 aliphatic rings. The first kappa shape index (κ1) is 18.0. The highest BCUT2D eigenvalue weighted by molar-refractivity contribution is 5.88. The molecule has 0 spiro atoms. The molecule has 7 nitrogen and oxygen atoms in total. The topological polar surface area (TPSA) is 141 Å². The van der Waals surface area contributed by atoms with Crippen LogP contribution in [-0.4, -0.2) is 38.4 Å². The molecule has 0 heterocycles. The van der Waals surface area contributed by atoms with Crippen LogP contribution >= 0.6 is 0 Å². The molecule has 0 aliphatic heterocycles. The molecule has 0 aromatic heterocycles. The van der Waals surface area contributed by atoms with E-state index in [4.69, 9.17) is 26.2 Å². The third kappa shape index (κ3) is 6.06. The van der Waals surface area contributed by atoms with Crippen LogP contribution in [0.2, 0.25) is 0 Å². The second-order valence-electron chi connectivity index (χ2n) is 4.64. The average molecular weight is 319 g/mol. The second-order valence-corrected chi connectivity index (χ2v) is 4.64. The van der Waals surface area contributed by atoms with Crippen molar-refractivity contribution in [1.29, 1.82) is 0 Å². The lowest BCUT2D eigenvalue weighted by molar-refractivity contribution is -0.138. The van der Waals surface area contributed by atoms with Gasteiger partial charge in [0.25, 0.3) is 0 Å². The monoisotopic (exact) mass is 319 g/mol. The smallest absolute Gasteiger partial charge is 0.335 e. The van der Waals surface area contributed by atoms with Crippen LogP contribution < -0.4 is 5.73 Å². The molecule has 2 aromatic carbocycles. The van der Waals surface area contributed by atoms with E-state index in [0.717, 1.165) is 17.7 Å². The summed E-state index contributed by atoms with van der Waals surface area (Å²) in [6.07, 6.45) is 0.385. The summed E-state index contributed by atoms with van der Waals surface area (Å²) in [6.45, 7) is 0. The summed E-state index contributed by atoms with van der Waals surface area (Å²) in [5.41, 5.74) is 6.24. The van der Waals surface area contributed by atoms with Crippen molar-refractivity contribution >= 4 is 11.9 Å². The fourth-order valence-corrected chi connectivity index (χ4v) is 1.61. The van der Waals surface area contributed by atoms with Gasteiger partial charge in [-0.3, -0.25) is 4.79 Å². The van der Waals surface area contributed by atoms with E-state index in [2.05, 4.69) is 0 Å². The van der Waals surface area contributed by atoms with Crippen molar-refractivity contribution < 1.29 is 30.0 Å². The lowest BCUT2D eigenvalue weighted by Crippen LogP contribution is -2.32. The zero-order chi connectivity index (χ0) is 17.4. The van der Waals surface area contributed by atoms with E-state index in [-0.39, 0.29) is 11.3 Å². The van der Waals surface area contributed by atoms with Crippen LogP contribution in [0.3, 0.4) is 0 Å². The van der Waals surface area contributed by atoms with Gasteiger partial charge in [0.05, 0.1) is 5.56 Å². The molecular formula is C16H17NO6. The minimum Gasteiger partial charge on any atom is -0.504 e. The molecule has 0 aliphatic carbocycles. The van der Waals surface area contributed by atoms with Crippen molar-refractivity contribution in [2.45, 2.75) is 12.5 Å². The minimum absolute atomic E-state index is 0.0553. The number of phenols is 2. The number of aromatic hydroxyl groups is 2. The summed E-state index contributed by atoms with van der Waals surface area (Å²) >= 11 is 0. The highest BCUT2D eigenvalue weighted by Gasteiger charge is 2.11. The van der Waals surface area contributed by atoms with E-state index in [9.17, 15) is 9.59 Å². The van der Waals surface area contributed by atoms with E-state index in [1.54, 1.807) is 0 Å². The first-order valence-corrected chi connectivity index (χ1v) is 6.59. The Kier molecular flexibility index (Phi) is 6.57. The molecule has 0 saturated heterocycles. The molecule has 0 radical (unpaired) electrons. The van der Waals surface area contributed by atoms with Gasteiger partial charge in [-0.1, -0.05) is 30.3 Å². The van der Waals surface area contributed by atoms with Crippen molar-refractivity contribution in [3.63, 3.8) is 0 Å². The number of carboxylic acids is 2. The van der Waals surface area contributed by atoms with Gasteiger partial charge in [0.15, 0.2) is 11.5 Å². The number of aromatic carboxylic acids is 1. The van der Waals surface area contributed by atoms with Crippen molar-refractivity contribution in [3.05, 3.63) is 59.7 Å². The van der Waals surface area contributed by atoms with E-state index in [1.807, 2.05) is 30.3 Å². The molecule has 23 heavy (non-hydrogen) atoms. The number of hydrogen-bond donors (Lipinski definition) is 5. The van der Waals surface area contributed by atoms with Gasteiger partial charge in [-0.05, 0) is 30.2 Å². The fraction of sp³-hybridized carbons (Fsp3) is 0.125. The van der Waals surface area contributed by atoms with Gasteiger partial charge in [0.1, 0.15) is 6.04 Å². The van der Waals surface area contributed by atoms with Crippen molar-refractivity contribution in [2.75, 3.05) is 0 Å². The van der Waals surface area contributed by atoms with Gasteiger partial charge in [-0.15, -0.1) is 0 Å². The van der Waals surface area contributed by atoms with Gasteiger partial charge in [-0.2, -0.15) is 0 Å². The number of phenolic OH excluding ortho intramolecular Hbond substituents is 2. The van der Waals surface area contributed by atoms with E-state index in [0.29, 0.717) is 6.42 Å². The number of benzene rings is 2. The van der Waals surface area contributed by atoms with Gasteiger partial charge in [0.2, 0.25) is 0 Å². The molecule has 122 valence electrons. The summed E-state index contributed by atoms with van der Waals surface area (Å²) in [4.78, 5) is 20.7. The highest BCUT2D eigenvalue weighted by Crippen LogP contribution is 2.24. The Bertz CT molecular complexity index is 672. The summed E-state index contributed by atoms with van der Waals surface area (Å²) < 4.78 is 0. The summed E-state index contributed by atoms with van der Waals surface area (Å²) in [6, 6.07) is 11.9. The number of carboxylic acid groups (broad SMARTS) is 2. The highest BCUT2D eigenvalue weighted by atomic mass is 16.4. The van der Waals surface area contributed by atoms with Crippen LogP contribution in [0.25, 0.3) is 0 Å². The average Bonchev–Trinajstić information content (AvgIpc) is 2.51. The lowest BCUT2D eigenvalue weighted by Gasteiger charge is -2.04. The van der Waals surface area contributed by atoms with Crippen molar-refractivity contribution in [3.8, 4) is 11.5 Å². The Morgan fingerprint density at radius 1 is 0.957 bits per heavy atom. The molecule has 7 heteroatoms. The Hall–Kier alpha value is -3.06. The molecule has 0 fully saturated rings. The van der Waals surface area contributed by atoms with Crippen molar-refractivity contribution in [2.24, 2.45) is 5.73 Å². The largest absolute Gasteiger partial charge is 0.504 e. The SMILES string of the molecule is NC(Cc1ccccc1)C(=O)O.O=C(O)c1ccc(O)c(O)c1. The predicted molar refractivity (Wildman–Crippen MR) is 82.5 cm³/mol. The fourth-order valence-electron chi connectivity index (χ4n) is 1.61. The number of rotatable bonds is 4. The second kappa shape index (κ2) is 8.40. The quantitative estimate of drug-likeness (QED) is 0.537. The first-order valence-electron chi connectivity index (χ1n) is 6.59. The van der Waals surface area contributed by atoms with Crippen LogP contribution in [0.15, 0.2) is 48.5 Å². The van der Waals surface area contributed by atoms with Crippen LogP contribution in [0.5, 0.6) is 11.5 Å². The minimum atomic E-state index is -1.14. The van der Waals surface area contributed by atoms with Gasteiger partial charge in [0, 0.05) is 0 Å². The maximum absolute atomic E-state index is 10.4. The molecule has 1 atom stereocenters. The van der Waals surface area contributed by atoms with Crippen LogP contribution in [0.4, 0.5) is 0 Å². The number of hydrogen-bond acceptors (Lipinski definition) is 5. The summed E-state index contributed by atoms with van der Waals surface area (Å²) in [7, 11) is 0. The van der Waals surface area contributed by atoms with E-state index in [1.165, 1.54) is 6.07 Å². The molecule has 1 unspecified atom stereocenters. The summed E-state index contributed by atoms with van der Waals surface area (Å²) in [5, 5.41) is 34.5. The van der Waals surface area contributed by atoms with Crippen LogP contribution in [0.1, 0.15) is 15.9 Å². The van der Waals surface area contributed by atoms with Gasteiger partial charge >= 0.3 is 11.9 Å². The Morgan fingerprint density at radius 3 is 2.04 bits per heavy atom. The molecule has 6 N–H and O–H groups in total. The van der Waals surface area contributed by atoms with Crippen LogP contribution in [-0.2, 0) is 11.2 Å². The Morgan fingerprint density at radius 2 is 1.57 bits per heavy atom. The standard InChI is InChI=1S/C9H11NO2.C7H6O4/c10-8(9(11)12)6-7-4-2-1-3-5-7;8-5-2-1-4(7(10)11)3-6(5)9/h1-5,8H,6,10H2,(H,11,12);1-3,8-9H,(H,10,11). The first-order chi connectivity index (χ1) is 10.8. The number of carbonyl (C=O) groups is 2. The molecule has 0 saturated carbocycles. The predicted octanol–water partition coefficient (Wildman–Crippen LogP) is 1.44. The normalized spacial score (nSPS) is 11.0. The van der Waals surface area contributed by atoms with Crippen LogP contribution in [0, 0.1) is 0 Å². The lowest BCUT2D eigenvalue weighted by atomic mass is 10.1. The van der Waals surface area contributed by atoms with E-state index >= 15 is 0 Å². The molecule has 0 bridgehead atoms. The number of aliphatic carboxylic acids is 1. The maximum Gasteiger partial charge on any atom is 0.335 e. The van der Waals surface area contributed by atoms with E-state index < -0.39 is 23.7 Å². The van der Waals surface area contributed by atoms with Gasteiger partial charge in [-0.25, -0.2) is 4.79 Å². The van der Waals surface area contributed by atoms with Crippen molar-refractivity contribution in [1.82, 2.24) is 0 Å². The molecule has 0 amide bonds.